The minimum Gasteiger partial charge on any atom is -0.445 e. The molecule has 2 aromatic rings. The summed E-state index contributed by atoms with van der Waals surface area (Å²) in [5.74, 6) is 5.75. The molecule has 0 aliphatic carbocycles. The Kier molecular flexibility index (Phi) is 6.24. The van der Waals surface area contributed by atoms with Crippen molar-refractivity contribution >= 4 is 11.9 Å². The number of hydrogen-bond acceptors (Lipinski definition) is 4. The quantitative estimate of drug-likeness (QED) is 0.264. The second-order valence-corrected chi connectivity index (χ2v) is 4.78. The number of nitrogens with one attached hydrogen (secondary N) is 1. The van der Waals surface area contributed by atoms with Crippen LogP contribution >= 0.6 is 0 Å². The average molecular weight is 323 g/mol. The van der Waals surface area contributed by atoms with Gasteiger partial charge < -0.3 is 21.0 Å². The average Bonchev–Trinajstić information content (AvgIpc) is 2.64. The van der Waals surface area contributed by atoms with Crippen molar-refractivity contribution in [2.24, 2.45) is 10.9 Å². The number of amides is 1. The molecule has 0 atom stereocenters. The van der Waals surface area contributed by atoms with Gasteiger partial charge in [-0.25, -0.2) is 4.79 Å². The molecule has 0 fully saturated rings. The molecule has 6 nitrogen and oxygen atoms in total. The first-order valence-electron chi connectivity index (χ1n) is 7.20. The number of rotatable bonds is 4. The highest BCUT2D eigenvalue weighted by molar-refractivity contribution is 5.97. The van der Waals surface area contributed by atoms with Gasteiger partial charge in [-0.15, -0.1) is 0 Å². The van der Waals surface area contributed by atoms with E-state index in [2.05, 4.69) is 22.3 Å². The Morgan fingerprint density at radius 3 is 2.54 bits per heavy atom. The van der Waals surface area contributed by atoms with Crippen molar-refractivity contribution in [3.63, 3.8) is 0 Å². The lowest BCUT2D eigenvalue weighted by atomic mass is 10.1. The summed E-state index contributed by atoms with van der Waals surface area (Å²) in [4.78, 5) is 11.5. The number of alkyl carbamates (subject to hydrolysis) is 1. The molecule has 2 rings (SSSR count). The van der Waals surface area contributed by atoms with Crippen molar-refractivity contribution in [3.8, 4) is 11.8 Å². The van der Waals surface area contributed by atoms with Gasteiger partial charge in [0.2, 0.25) is 0 Å². The molecule has 0 bridgehead atoms. The molecule has 2 aromatic carbocycles. The van der Waals surface area contributed by atoms with Crippen LogP contribution in [0.5, 0.6) is 0 Å². The molecule has 1 amide bonds. The van der Waals surface area contributed by atoms with Gasteiger partial charge in [0.25, 0.3) is 0 Å². The monoisotopic (exact) mass is 323 g/mol. The summed E-state index contributed by atoms with van der Waals surface area (Å²) in [6.07, 6.45) is -0.518. The van der Waals surface area contributed by atoms with Crippen molar-refractivity contribution < 1.29 is 14.7 Å². The largest absolute Gasteiger partial charge is 0.445 e. The van der Waals surface area contributed by atoms with Gasteiger partial charge in [0, 0.05) is 11.1 Å². The van der Waals surface area contributed by atoms with Crippen LogP contribution in [0.15, 0.2) is 59.8 Å². The van der Waals surface area contributed by atoms with Crippen LogP contribution in [0.3, 0.4) is 0 Å². The van der Waals surface area contributed by atoms with Gasteiger partial charge in [-0.1, -0.05) is 47.3 Å². The number of ether oxygens (including phenoxy) is 1. The third-order valence-electron chi connectivity index (χ3n) is 3.05. The van der Waals surface area contributed by atoms with Crippen molar-refractivity contribution in [2.45, 2.75) is 6.61 Å². The molecule has 6 heteroatoms. The Hall–Kier alpha value is -3.46. The minimum absolute atomic E-state index is 0.0392. The summed E-state index contributed by atoms with van der Waals surface area (Å²) in [6, 6.07) is 16.3. The predicted octanol–water partition coefficient (Wildman–Crippen LogP) is 2.06. The van der Waals surface area contributed by atoms with Crippen LogP contribution in [0.25, 0.3) is 0 Å². The summed E-state index contributed by atoms with van der Waals surface area (Å²) in [5.41, 5.74) is 7.75. The standard InChI is InChI=1S/C18H17N3O3/c19-17(21-23)16-10-8-14(9-11-16)7-4-12-20-18(22)24-13-15-5-2-1-3-6-15/h1-3,5-6,8-11,23H,12-13H2,(H2,19,21)(H,20,22). The highest BCUT2D eigenvalue weighted by atomic mass is 16.5. The van der Waals surface area contributed by atoms with E-state index in [0.29, 0.717) is 5.56 Å². The Morgan fingerprint density at radius 1 is 1.17 bits per heavy atom. The molecule has 24 heavy (non-hydrogen) atoms. The number of nitrogens with two attached hydrogens (primary N) is 1. The fourth-order valence-corrected chi connectivity index (χ4v) is 1.82. The van der Waals surface area contributed by atoms with E-state index in [1.165, 1.54) is 0 Å². The summed E-state index contributed by atoms with van der Waals surface area (Å²) < 4.78 is 5.07. The van der Waals surface area contributed by atoms with Crippen LogP contribution in [-0.4, -0.2) is 23.7 Å². The zero-order chi connectivity index (χ0) is 17.2. The summed E-state index contributed by atoms with van der Waals surface area (Å²) in [7, 11) is 0. The Labute approximate surface area is 139 Å². The zero-order valence-corrected chi connectivity index (χ0v) is 12.9. The molecule has 0 aliphatic rings. The number of hydrogen-bond donors (Lipinski definition) is 3. The lowest BCUT2D eigenvalue weighted by Gasteiger charge is -2.04. The first-order chi connectivity index (χ1) is 11.7. The maximum Gasteiger partial charge on any atom is 0.408 e. The SMILES string of the molecule is NC(=NO)c1ccc(C#CCNC(=O)OCc2ccccc2)cc1. The smallest absolute Gasteiger partial charge is 0.408 e. The first kappa shape index (κ1) is 16.9. The molecular weight excluding hydrogens is 306 g/mol. The summed E-state index contributed by atoms with van der Waals surface area (Å²) in [5, 5.41) is 14.1. The van der Waals surface area contributed by atoms with Gasteiger partial charge in [0.1, 0.15) is 6.61 Å². The van der Waals surface area contributed by atoms with Gasteiger partial charge in [-0.3, -0.25) is 0 Å². The van der Waals surface area contributed by atoms with E-state index in [1.807, 2.05) is 30.3 Å². The van der Waals surface area contributed by atoms with Crippen LogP contribution in [0.2, 0.25) is 0 Å². The van der Waals surface area contributed by atoms with Gasteiger partial charge in [-0.05, 0) is 29.8 Å². The molecule has 0 spiro atoms. The Bertz CT molecular complexity index is 760. The maximum absolute atomic E-state index is 11.5. The number of oxime groups is 1. The Balaban J connectivity index is 1.76. The predicted molar refractivity (Wildman–Crippen MR) is 90.5 cm³/mol. The van der Waals surface area contributed by atoms with Crippen molar-refractivity contribution in [1.29, 1.82) is 0 Å². The number of nitrogens with zero attached hydrogens (tertiary/aromatic N) is 1. The lowest BCUT2D eigenvalue weighted by molar-refractivity contribution is 0.141. The zero-order valence-electron chi connectivity index (χ0n) is 12.9. The highest BCUT2D eigenvalue weighted by Gasteiger charge is 2.00. The highest BCUT2D eigenvalue weighted by Crippen LogP contribution is 2.03. The molecule has 0 aromatic heterocycles. The van der Waals surface area contributed by atoms with Crippen LogP contribution in [0.4, 0.5) is 4.79 Å². The van der Waals surface area contributed by atoms with E-state index < -0.39 is 6.09 Å². The lowest BCUT2D eigenvalue weighted by Crippen LogP contribution is -2.24. The molecular formula is C18H17N3O3. The molecule has 0 radical (unpaired) electrons. The minimum atomic E-state index is -0.518. The molecule has 122 valence electrons. The van der Waals surface area contributed by atoms with Gasteiger partial charge >= 0.3 is 6.09 Å². The van der Waals surface area contributed by atoms with Gasteiger partial charge in [0.15, 0.2) is 5.84 Å². The van der Waals surface area contributed by atoms with E-state index in [0.717, 1.165) is 11.1 Å². The maximum atomic E-state index is 11.5. The third kappa shape index (κ3) is 5.39. The molecule has 0 saturated carbocycles. The van der Waals surface area contributed by atoms with Crippen LogP contribution < -0.4 is 11.1 Å². The van der Waals surface area contributed by atoms with E-state index in [4.69, 9.17) is 15.7 Å². The topological polar surface area (TPSA) is 96.9 Å². The first-order valence-corrected chi connectivity index (χ1v) is 7.20. The molecule has 0 heterocycles. The van der Waals surface area contributed by atoms with Crippen LogP contribution in [-0.2, 0) is 11.3 Å². The van der Waals surface area contributed by atoms with Gasteiger partial charge in [-0.2, -0.15) is 0 Å². The molecule has 0 unspecified atom stereocenters. The summed E-state index contributed by atoms with van der Waals surface area (Å²) >= 11 is 0. The number of benzene rings is 2. The van der Waals surface area contributed by atoms with Crippen molar-refractivity contribution in [3.05, 3.63) is 71.3 Å². The van der Waals surface area contributed by atoms with E-state index in [9.17, 15) is 4.79 Å². The van der Waals surface area contributed by atoms with Crippen LogP contribution in [0, 0.1) is 11.8 Å². The molecule has 4 N–H and O–H groups in total. The van der Waals surface area contributed by atoms with Gasteiger partial charge in [0.05, 0.1) is 6.54 Å². The normalized spacial score (nSPS) is 10.4. The fraction of sp³-hybridized carbons (Fsp3) is 0.111. The number of carbonyl (C=O) groups is 1. The second-order valence-electron chi connectivity index (χ2n) is 4.78. The number of carbonyl (C=O) groups excluding carboxylic acids is 1. The van der Waals surface area contributed by atoms with E-state index >= 15 is 0 Å². The Morgan fingerprint density at radius 2 is 1.88 bits per heavy atom. The second kappa shape index (κ2) is 8.86. The molecule has 0 saturated heterocycles. The summed E-state index contributed by atoms with van der Waals surface area (Å²) in [6.45, 7) is 0.394. The van der Waals surface area contributed by atoms with Crippen molar-refractivity contribution in [2.75, 3.05) is 6.54 Å². The van der Waals surface area contributed by atoms with Crippen LogP contribution in [0.1, 0.15) is 16.7 Å². The van der Waals surface area contributed by atoms with E-state index in [1.54, 1.807) is 24.3 Å². The molecule has 0 aliphatic heterocycles. The van der Waals surface area contributed by atoms with E-state index in [-0.39, 0.29) is 19.0 Å². The number of amidine groups is 1. The fourth-order valence-electron chi connectivity index (χ4n) is 1.82. The van der Waals surface area contributed by atoms with Crippen molar-refractivity contribution in [1.82, 2.24) is 5.32 Å². The third-order valence-corrected chi connectivity index (χ3v) is 3.05.